The summed E-state index contributed by atoms with van der Waals surface area (Å²) >= 11 is 0. The Morgan fingerprint density at radius 2 is 1.85 bits per heavy atom. The van der Waals surface area contributed by atoms with Crippen molar-refractivity contribution in [3.63, 3.8) is 0 Å². The van der Waals surface area contributed by atoms with Gasteiger partial charge in [0, 0.05) is 5.56 Å². The van der Waals surface area contributed by atoms with Crippen LogP contribution in [0.1, 0.15) is 5.56 Å². The molecule has 0 aliphatic rings. The molecule has 0 nitrogen and oxygen atoms in total. The van der Waals surface area contributed by atoms with Gasteiger partial charge in [0.2, 0.25) is 0 Å². The van der Waals surface area contributed by atoms with Crippen LogP contribution in [0.25, 0.3) is 0 Å². The average molecular weight is 178 g/mol. The van der Waals surface area contributed by atoms with Crippen molar-refractivity contribution in [1.82, 2.24) is 0 Å². The standard InChI is InChI=1S/C11H8F2/c1-2-11(12,13)9-8-10-6-4-3-5-7-10/h2-7H,1H2. The van der Waals surface area contributed by atoms with Crippen LogP contribution < -0.4 is 0 Å². The van der Waals surface area contributed by atoms with Gasteiger partial charge in [0.1, 0.15) is 0 Å². The topological polar surface area (TPSA) is 0 Å². The van der Waals surface area contributed by atoms with E-state index < -0.39 is 5.92 Å². The molecule has 0 spiro atoms. The van der Waals surface area contributed by atoms with E-state index in [4.69, 9.17) is 0 Å². The maximum absolute atomic E-state index is 12.5. The van der Waals surface area contributed by atoms with Crippen molar-refractivity contribution < 1.29 is 8.78 Å². The molecule has 1 aromatic rings. The number of benzene rings is 1. The van der Waals surface area contributed by atoms with Gasteiger partial charge in [-0.05, 0) is 24.1 Å². The number of halogens is 2. The second-order valence-corrected chi connectivity index (χ2v) is 2.44. The molecule has 0 saturated carbocycles. The first-order valence-corrected chi connectivity index (χ1v) is 3.74. The van der Waals surface area contributed by atoms with Crippen LogP contribution in [-0.4, -0.2) is 5.92 Å². The highest BCUT2D eigenvalue weighted by molar-refractivity contribution is 5.36. The monoisotopic (exact) mass is 178 g/mol. The van der Waals surface area contributed by atoms with E-state index >= 15 is 0 Å². The zero-order chi connectivity index (χ0) is 9.73. The molecule has 0 radical (unpaired) electrons. The fraction of sp³-hybridized carbons (Fsp3) is 0.0909. The van der Waals surface area contributed by atoms with Crippen molar-refractivity contribution in [3.05, 3.63) is 48.6 Å². The lowest BCUT2D eigenvalue weighted by Gasteiger charge is -1.98. The van der Waals surface area contributed by atoms with Gasteiger partial charge in [0.25, 0.3) is 0 Å². The zero-order valence-corrected chi connectivity index (χ0v) is 6.93. The molecule has 0 amide bonds. The van der Waals surface area contributed by atoms with Crippen LogP contribution in [0.15, 0.2) is 43.0 Å². The summed E-state index contributed by atoms with van der Waals surface area (Å²) in [6.07, 6.45) is 0.531. The van der Waals surface area contributed by atoms with E-state index in [-0.39, 0.29) is 0 Å². The lowest BCUT2D eigenvalue weighted by atomic mass is 10.2. The van der Waals surface area contributed by atoms with Crippen molar-refractivity contribution >= 4 is 0 Å². The third-order valence-electron chi connectivity index (χ3n) is 1.40. The summed E-state index contributed by atoms with van der Waals surface area (Å²) in [7, 11) is 0. The first kappa shape index (κ1) is 9.47. The Morgan fingerprint density at radius 3 is 2.38 bits per heavy atom. The van der Waals surface area contributed by atoms with Crippen LogP contribution in [0.2, 0.25) is 0 Å². The molecule has 1 aromatic carbocycles. The highest BCUT2D eigenvalue weighted by Crippen LogP contribution is 2.12. The minimum absolute atomic E-state index is 0.531. The molecular weight excluding hydrogens is 170 g/mol. The summed E-state index contributed by atoms with van der Waals surface area (Å²) in [6, 6.07) is 8.64. The van der Waals surface area contributed by atoms with Gasteiger partial charge in [-0.2, -0.15) is 8.78 Å². The number of rotatable bonds is 1. The highest BCUT2D eigenvalue weighted by atomic mass is 19.3. The number of hydrogen-bond acceptors (Lipinski definition) is 0. The van der Waals surface area contributed by atoms with Gasteiger partial charge in [0.15, 0.2) is 0 Å². The van der Waals surface area contributed by atoms with Crippen molar-refractivity contribution in [2.45, 2.75) is 5.92 Å². The molecule has 0 atom stereocenters. The van der Waals surface area contributed by atoms with Gasteiger partial charge >= 0.3 is 5.92 Å². The maximum atomic E-state index is 12.5. The van der Waals surface area contributed by atoms with E-state index in [1.54, 1.807) is 30.3 Å². The molecule has 0 aliphatic heterocycles. The van der Waals surface area contributed by atoms with Crippen LogP contribution in [0, 0.1) is 11.8 Å². The minimum Gasteiger partial charge on any atom is -0.187 e. The molecule has 66 valence electrons. The molecule has 1 rings (SSSR count). The fourth-order valence-electron chi connectivity index (χ4n) is 0.728. The average Bonchev–Trinajstić information content (AvgIpc) is 2.17. The van der Waals surface area contributed by atoms with Gasteiger partial charge in [-0.1, -0.05) is 30.7 Å². The molecule has 2 heteroatoms. The predicted molar refractivity (Wildman–Crippen MR) is 48.5 cm³/mol. The second kappa shape index (κ2) is 3.86. The molecule has 0 unspecified atom stereocenters. The number of alkyl halides is 2. The number of allylic oxidation sites excluding steroid dienone is 1. The molecule has 0 bridgehead atoms. The normalized spacial score (nSPS) is 10.0. The van der Waals surface area contributed by atoms with E-state index in [9.17, 15) is 8.78 Å². The summed E-state index contributed by atoms with van der Waals surface area (Å²) in [5.41, 5.74) is 0.573. The second-order valence-electron chi connectivity index (χ2n) is 2.44. The van der Waals surface area contributed by atoms with E-state index in [2.05, 4.69) is 12.5 Å². The Kier molecular flexibility index (Phi) is 2.81. The van der Waals surface area contributed by atoms with Crippen LogP contribution in [0.4, 0.5) is 8.78 Å². The number of hydrogen-bond donors (Lipinski definition) is 0. The van der Waals surface area contributed by atoms with Crippen LogP contribution >= 0.6 is 0 Å². The third-order valence-corrected chi connectivity index (χ3v) is 1.40. The van der Waals surface area contributed by atoms with Gasteiger partial charge < -0.3 is 0 Å². The summed E-state index contributed by atoms with van der Waals surface area (Å²) in [5.74, 6) is 1.09. The van der Waals surface area contributed by atoms with Crippen molar-refractivity contribution in [2.24, 2.45) is 0 Å². The quantitative estimate of drug-likeness (QED) is 0.458. The first-order chi connectivity index (χ1) is 6.14. The third kappa shape index (κ3) is 3.08. The molecule has 0 aromatic heterocycles. The Morgan fingerprint density at radius 1 is 1.23 bits per heavy atom. The van der Waals surface area contributed by atoms with Crippen LogP contribution in [0.5, 0.6) is 0 Å². The van der Waals surface area contributed by atoms with Gasteiger partial charge in [0.05, 0.1) is 0 Å². The molecule has 0 fully saturated rings. The van der Waals surface area contributed by atoms with Gasteiger partial charge in [-0.15, -0.1) is 0 Å². The predicted octanol–water partition coefficient (Wildman–Crippen LogP) is 2.86. The summed E-state index contributed by atoms with van der Waals surface area (Å²) in [6.45, 7) is 2.99. The maximum Gasteiger partial charge on any atom is 0.326 e. The van der Waals surface area contributed by atoms with Gasteiger partial charge in [-0.3, -0.25) is 0 Å². The Labute approximate surface area is 75.9 Å². The van der Waals surface area contributed by atoms with Crippen molar-refractivity contribution in [2.75, 3.05) is 0 Å². The van der Waals surface area contributed by atoms with E-state index in [0.29, 0.717) is 11.6 Å². The molecular formula is C11H8F2. The van der Waals surface area contributed by atoms with Crippen molar-refractivity contribution in [1.29, 1.82) is 0 Å². The van der Waals surface area contributed by atoms with Gasteiger partial charge in [-0.25, -0.2) is 0 Å². The van der Waals surface area contributed by atoms with Crippen molar-refractivity contribution in [3.8, 4) is 11.8 Å². The lowest BCUT2D eigenvalue weighted by Crippen LogP contribution is -2.06. The first-order valence-electron chi connectivity index (χ1n) is 3.74. The minimum atomic E-state index is -3.10. The zero-order valence-electron chi connectivity index (χ0n) is 6.93. The molecule has 13 heavy (non-hydrogen) atoms. The SMILES string of the molecule is C=CC(F)(F)C#Cc1ccccc1. The Balaban J connectivity index is 2.85. The Bertz CT molecular complexity index is 341. The molecule has 0 N–H and O–H groups in total. The van der Waals surface area contributed by atoms with Crippen LogP contribution in [0.3, 0.4) is 0 Å². The fourth-order valence-corrected chi connectivity index (χ4v) is 0.728. The van der Waals surface area contributed by atoms with E-state index in [1.807, 2.05) is 5.92 Å². The lowest BCUT2D eigenvalue weighted by molar-refractivity contribution is 0.123. The summed E-state index contributed by atoms with van der Waals surface area (Å²) in [4.78, 5) is 0. The molecule has 0 aliphatic carbocycles. The molecule has 0 heterocycles. The Hall–Kier alpha value is -1.62. The molecule has 0 saturated heterocycles. The van der Waals surface area contributed by atoms with E-state index in [1.165, 1.54) is 0 Å². The smallest absolute Gasteiger partial charge is 0.187 e. The largest absolute Gasteiger partial charge is 0.326 e. The summed E-state index contributed by atoms with van der Waals surface area (Å²) in [5, 5.41) is 0. The van der Waals surface area contributed by atoms with Crippen LogP contribution in [-0.2, 0) is 0 Å². The van der Waals surface area contributed by atoms with E-state index in [0.717, 1.165) is 0 Å². The summed E-state index contributed by atoms with van der Waals surface area (Å²) < 4.78 is 25.1. The highest BCUT2D eigenvalue weighted by Gasteiger charge is 2.19.